The maximum Gasteiger partial charge on any atom is 0.257 e. The first-order chi connectivity index (χ1) is 22.9. The standard InChI is InChI=1S/C37H47N5O4S/c1-3-7-34(43)38-29-16-19-42(23-29)30-17-20-41(21-18-30)36(45)27-12-10-26(11-13-27)35(44)40-37-39-32(24-47-37)31-22-28(14-15-33(31)46-2)25-8-5-4-6-9-25/h10-15,22,24-25,29-30H,3-9,16-21,23H2,1-2H3,(H,38,43)(H,39,40,44). The quantitative estimate of drug-likeness (QED) is 0.251. The molecule has 1 aromatic heterocycles. The van der Waals surface area contributed by atoms with Gasteiger partial charge in [-0.05, 0) is 86.4 Å². The Balaban J connectivity index is 1.01. The Bertz CT molecular complexity index is 1540. The zero-order valence-electron chi connectivity index (χ0n) is 27.6. The zero-order chi connectivity index (χ0) is 32.8. The van der Waals surface area contributed by atoms with E-state index < -0.39 is 0 Å². The summed E-state index contributed by atoms with van der Waals surface area (Å²) in [6, 6.07) is 14.0. The van der Waals surface area contributed by atoms with E-state index in [1.165, 1.54) is 49.0 Å². The fraction of sp³-hybridized carbons (Fsp3) is 0.514. The van der Waals surface area contributed by atoms with Crippen molar-refractivity contribution >= 4 is 34.2 Å². The number of ether oxygens (including phenoxy) is 1. The molecule has 2 aliphatic heterocycles. The van der Waals surface area contributed by atoms with Crippen molar-refractivity contribution < 1.29 is 19.1 Å². The summed E-state index contributed by atoms with van der Waals surface area (Å²) >= 11 is 1.39. The van der Waals surface area contributed by atoms with Gasteiger partial charge in [-0.25, -0.2) is 4.98 Å². The van der Waals surface area contributed by atoms with E-state index in [1.807, 2.05) is 23.3 Å². The second-order valence-corrected chi connectivity index (χ2v) is 14.0. The maximum absolute atomic E-state index is 13.3. The molecule has 47 heavy (non-hydrogen) atoms. The number of hydrogen-bond acceptors (Lipinski definition) is 7. The molecule has 2 saturated heterocycles. The number of aromatic nitrogens is 1. The summed E-state index contributed by atoms with van der Waals surface area (Å²) in [7, 11) is 1.67. The van der Waals surface area contributed by atoms with Crippen LogP contribution in [0.25, 0.3) is 11.3 Å². The Morgan fingerprint density at radius 2 is 1.68 bits per heavy atom. The summed E-state index contributed by atoms with van der Waals surface area (Å²) in [5, 5.41) is 8.57. The Kier molecular flexibility index (Phi) is 10.9. The second kappa shape index (κ2) is 15.4. The van der Waals surface area contributed by atoms with Crippen molar-refractivity contribution in [3.05, 3.63) is 64.5 Å². The number of amides is 3. The van der Waals surface area contributed by atoms with E-state index >= 15 is 0 Å². The molecule has 2 N–H and O–H groups in total. The highest BCUT2D eigenvalue weighted by Gasteiger charge is 2.32. The molecule has 1 saturated carbocycles. The van der Waals surface area contributed by atoms with Gasteiger partial charge in [-0.3, -0.25) is 24.6 Å². The van der Waals surface area contributed by atoms with Crippen LogP contribution < -0.4 is 15.4 Å². The smallest absolute Gasteiger partial charge is 0.257 e. The minimum Gasteiger partial charge on any atom is -0.496 e. The Labute approximate surface area is 282 Å². The van der Waals surface area contributed by atoms with Crippen molar-refractivity contribution in [2.45, 2.75) is 89.1 Å². The monoisotopic (exact) mass is 657 g/mol. The van der Waals surface area contributed by atoms with E-state index in [9.17, 15) is 14.4 Å². The number of carbonyl (C=O) groups is 3. The number of hydrogen-bond donors (Lipinski definition) is 2. The third-order valence-electron chi connectivity index (χ3n) is 10.0. The molecule has 3 fully saturated rings. The largest absolute Gasteiger partial charge is 0.496 e. The van der Waals surface area contributed by atoms with Crippen LogP contribution in [0, 0.1) is 0 Å². The van der Waals surface area contributed by atoms with Crippen molar-refractivity contribution in [1.82, 2.24) is 20.1 Å². The van der Waals surface area contributed by atoms with E-state index in [1.54, 1.807) is 31.4 Å². The molecular weight excluding hydrogens is 611 g/mol. The SMILES string of the molecule is CCCC(=O)NC1CCN(C2CCN(C(=O)c3ccc(C(=O)Nc4nc(-c5cc(C6CCCCC6)ccc5OC)cs4)cc3)CC2)C1. The summed E-state index contributed by atoms with van der Waals surface area (Å²) in [4.78, 5) is 47.5. The summed E-state index contributed by atoms with van der Waals surface area (Å²) in [6.45, 7) is 5.31. The number of likely N-dealkylation sites (tertiary alicyclic amines) is 2. The lowest BCUT2D eigenvalue weighted by molar-refractivity contribution is -0.121. The molecule has 1 aliphatic carbocycles. The highest BCUT2D eigenvalue weighted by molar-refractivity contribution is 7.14. The first kappa shape index (κ1) is 33.2. The molecule has 3 aliphatic rings. The van der Waals surface area contributed by atoms with Gasteiger partial charge in [0.25, 0.3) is 11.8 Å². The number of anilines is 1. The molecule has 0 spiro atoms. The van der Waals surface area contributed by atoms with Crippen LogP contribution in [0.4, 0.5) is 5.13 Å². The second-order valence-electron chi connectivity index (χ2n) is 13.2. The average molecular weight is 658 g/mol. The van der Waals surface area contributed by atoms with Crippen molar-refractivity contribution in [3.8, 4) is 17.0 Å². The highest BCUT2D eigenvalue weighted by atomic mass is 32.1. The molecule has 10 heteroatoms. The van der Waals surface area contributed by atoms with E-state index in [-0.39, 0.29) is 23.8 Å². The van der Waals surface area contributed by atoms with E-state index in [0.717, 1.165) is 55.8 Å². The van der Waals surface area contributed by atoms with Gasteiger partial charge < -0.3 is 15.0 Å². The van der Waals surface area contributed by atoms with Crippen molar-refractivity contribution in [2.75, 3.05) is 38.6 Å². The number of nitrogens with zero attached hydrogens (tertiary/aromatic N) is 3. The van der Waals surface area contributed by atoms with Crippen LogP contribution >= 0.6 is 11.3 Å². The molecular formula is C37H47N5O4S. The topological polar surface area (TPSA) is 104 Å². The lowest BCUT2D eigenvalue weighted by Crippen LogP contribution is -2.47. The van der Waals surface area contributed by atoms with Gasteiger partial charge >= 0.3 is 0 Å². The van der Waals surface area contributed by atoms with Crippen LogP contribution in [0.5, 0.6) is 5.75 Å². The molecule has 3 amide bonds. The predicted octanol–water partition coefficient (Wildman–Crippen LogP) is 6.71. The van der Waals surface area contributed by atoms with Crippen LogP contribution in [0.3, 0.4) is 0 Å². The first-order valence-corrected chi connectivity index (χ1v) is 18.2. The highest BCUT2D eigenvalue weighted by Crippen LogP contribution is 2.39. The molecule has 6 rings (SSSR count). The Hall–Kier alpha value is -3.76. The van der Waals surface area contributed by atoms with Gasteiger partial charge in [-0.15, -0.1) is 11.3 Å². The minimum atomic E-state index is -0.261. The summed E-state index contributed by atoms with van der Waals surface area (Å²) < 4.78 is 5.66. The number of nitrogens with one attached hydrogen (secondary N) is 2. The molecule has 250 valence electrons. The number of piperidine rings is 1. The van der Waals surface area contributed by atoms with Gasteiger partial charge in [0.05, 0.1) is 12.8 Å². The Morgan fingerprint density at radius 1 is 0.936 bits per heavy atom. The molecule has 0 bridgehead atoms. The van der Waals surface area contributed by atoms with Crippen molar-refractivity contribution in [1.29, 1.82) is 0 Å². The number of benzene rings is 2. The molecule has 0 radical (unpaired) electrons. The molecule has 1 atom stereocenters. The molecule has 3 heterocycles. The van der Waals surface area contributed by atoms with Crippen molar-refractivity contribution in [3.63, 3.8) is 0 Å². The lowest BCUT2D eigenvalue weighted by Gasteiger charge is -2.36. The molecule has 2 aromatic carbocycles. The fourth-order valence-corrected chi connectivity index (χ4v) is 8.09. The van der Waals surface area contributed by atoms with Crippen LogP contribution in [0.1, 0.15) is 103 Å². The summed E-state index contributed by atoms with van der Waals surface area (Å²) in [5.74, 6) is 1.23. The van der Waals surface area contributed by atoms with Crippen LogP contribution in [-0.4, -0.2) is 77.9 Å². The van der Waals surface area contributed by atoms with Gasteiger partial charge in [-0.2, -0.15) is 0 Å². The minimum absolute atomic E-state index is 0.00416. The molecule has 9 nitrogen and oxygen atoms in total. The number of methoxy groups -OCH3 is 1. The van der Waals surface area contributed by atoms with Gasteiger partial charge in [0.2, 0.25) is 5.91 Å². The van der Waals surface area contributed by atoms with Crippen LogP contribution in [-0.2, 0) is 4.79 Å². The number of thiazole rings is 1. The van der Waals surface area contributed by atoms with E-state index in [2.05, 4.69) is 27.7 Å². The lowest BCUT2D eigenvalue weighted by atomic mass is 9.83. The Morgan fingerprint density at radius 3 is 2.40 bits per heavy atom. The molecule has 1 unspecified atom stereocenters. The zero-order valence-corrected chi connectivity index (χ0v) is 28.4. The van der Waals surface area contributed by atoms with Gasteiger partial charge in [0.15, 0.2) is 5.13 Å². The van der Waals surface area contributed by atoms with Gasteiger partial charge in [0, 0.05) is 66.8 Å². The van der Waals surface area contributed by atoms with Crippen LogP contribution in [0.2, 0.25) is 0 Å². The normalized spacial score (nSPS) is 19.4. The summed E-state index contributed by atoms with van der Waals surface area (Å²) in [5.41, 5.74) is 4.12. The van der Waals surface area contributed by atoms with Crippen molar-refractivity contribution in [2.24, 2.45) is 0 Å². The van der Waals surface area contributed by atoms with Gasteiger partial charge in [0.1, 0.15) is 5.75 Å². The summed E-state index contributed by atoms with van der Waals surface area (Å²) in [6.07, 6.45) is 10.6. The van der Waals surface area contributed by atoms with Gasteiger partial charge in [-0.1, -0.05) is 32.3 Å². The first-order valence-electron chi connectivity index (χ1n) is 17.3. The number of carbonyl (C=O) groups excluding carboxylic acids is 3. The third-order valence-corrected chi connectivity index (χ3v) is 10.8. The van der Waals surface area contributed by atoms with Crippen LogP contribution in [0.15, 0.2) is 47.8 Å². The average Bonchev–Trinajstić information content (AvgIpc) is 3.78. The fourth-order valence-electron chi connectivity index (χ4n) is 7.38. The predicted molar refractivity (Wildman–Crippen MR) is 186 cm³/mol. The van der Waals surface area contributed by atoms with E-state index in [4.69, 9.17) is 9.72 Å². The molecule has 3 aromatic rings. The number of rotatable bonds is 10. The maximum atomic E-state index is 13.3. The van der Waals surface area contributed by atoms with E-state index in [0.29, 0.717) is 47.7 Å². The third kappa shape index (κ3) is 8.04.